The lowest BCUT2D eigenvalue weighted by atomic mass is 9.75. The van der Waals surface area contributed by atoms with E-state index in [0.29, 0.717) is 5.41 Å². The van der Waals surface area contributed by atoms with Crippen LogP contribution < -0.4 is 14.5 Å². The molecule has 180 valence electrons. The van der Waals surface area contributed by atoms with Crippen LogP contribution in [0.5, 0.6) is 5.75 Å². The first-order valence-corrected chi connectivity index (χ1v) is 13.6. The summed E-state index contributed by atoms with van der Waals surface area (Å²) in [7, 11) is 2.16. The summed E-state index contributed by atoms with van der Waals surface area (Å²) in [6.45, 7) is 2.84. The molecular weight excluding hydrogens is 454 g/mol. The number of aromatic nitrogens is 3. The van der Waals surface area contributed by atoms with E-state index in [0.717, 1.165) is 47.0 Å². The van der Waals surface area contributed by atoms with Gasteiger partial charge in [-0.2, -0.15) is 0 Å². The topological polar surface area (TPSA) is 54.4 Å². The van der Waals surface area contributed by atoms with Crippen molar-refractivity contribution in [1.29, 1.82) is 0 Å². The van der Waals surface area contributed by atoms with Crippen molar-refractivity contribution in [2.24, 2.45) is 5.41 Å². The molecule has 4 heterocycles. The summed E-state index contributed by atoms with van der Waals surface area (Å²) in [5.74, 6) is 2.81. The van der Waals surface area contributed by atoms with Gasteiger partial charge in [-0.3, -0.25) is 0 Å². The van der Waals surface area contributed by atoms with Crippen LogP contribution in [0.2, 0.25) is 0 Å². The highest BCUT2D eigenvalue weighted by molar-refractivity contribution is 7.99. The van der Waals surface area contributed by atoms with Crippen LogP contribution in [0, 0.1) is 5.41 Å². The molecule has 0 N–H and O–H groups in total. The van der Waals surface area contributed by atoms with Crippen molar-refractivity contribution in [1.82, 2.24) is 15.0 Å². The molecule has 0 unspecified atom stereocenters. The number of piperidine rings is 1. The number of hydrogen-bond donors (Lipinski definition) is 0. The second-order valence-corrected chi connectivity index (χ2v) is 11.9. The molecule has 2 aliphatic heterocycles. The van der Waals surface area contributed by atoms with Gasteiger partial charge in [0.2, 0.25) is 0 Å². The third-order valence-corrected chi connectivity index (χ3v) is 9.84. The maximum Gasteiger partial charge on any atom is 0.175 e. The first kappa shape index (κ1) is 21.5. The lowest BCUT2D eigenvalue weighted by Gasteiger charge is -2.51. The first-order chi connectivity index (χ1) is 17.1. The Balaban J connectivity index is 1.02. The molecule has 1 saturated heterocycles. The van der Waals surface area contributed by atoms with Crippen molar-refractivity contribution in [2.45, 2.75) is 60.4 Å². The molecule has 2 aromatic heterocycles. The van der Waals surface area contributed by atoms with Crippen molar-refractivity contribution in [3.05, 3.63) is 60.0 Å². The van der Waals surface area contributed by atoms with Crippen LogP contribution in [-0.2, 0) is 12.8 Å². The second kappa shape index (κ2) is 8.12. The lowest BCUT2D eigenvalue weighted by molar-refractivity contribution is 0.116. The quantitative estimate of drug-likeness (QED) is 0.508. The number of pyridine rings is 1. The third-order valence-electron chi connectivity index (χ3n) is 8.87. The molecule has 35 heavy (non-hydrogen) atoms. The zero-order valence-corrected chi connectivity index (χ0v) is 21.1. The molecular formula is C28H31N5OS. The van der Waals surface area contributed by atoms with E-state index < -0.39 is 0 Å². The van der Waals surface area contributed by atoms with E-state index in [1.54, 1.807) is 22.9 Å². The minimum atomic E-state index is 0.138. The Morgan fingerprint density at radius 1 is 0.914 bits per heavy atom. The Kier molecular flexibility index (Phi) is 4.98. The number of likely N-dealkylation sites (N-methyl/N-ethyl adjacent to an activating group) is 1. The van der Waals surface area contributed by atoms with E-state index in [-0.39, 0.29) is 5.54 Å². The summed E-state index contributed by atoms with van der Waals surface area (Å²) in [4.78, 5) is 20.0. The van der Waals surface area contributed by atoms with Crippen LogP contribution in [0.4, 0.5) is 11.6 Å². The molecule has 4 aliphatic rings. The summed E-state index contributed by atoms with van der Waals surface area (Å²) in [5.41, 5.74) is 3.69. The number of ether oxygens (including phenoxy) is 1. The monoisotopic (exact) mass is 485 g/mol. The van der Waals surface area contributed by atoms with E-state index in [4.69, 9.17) is 14.7 Å². The predicted octanol–water partition coefficient (Wildman–Crippen LogP) is 5.16. The number of nitrogens with zero attached hydrogens (tertiary/aromatic N) is 5. The number of benzene rings is 1. The third kappa shape index (κ3) is 3.58. The maximum atomic E-state index is 6.26. The average molecular weight is 486 g/mol. The van der Waals surface area contributed by atoms with Crippen LogP contribution in [-0.4, -0.2) is 47.2 Å². The maximum absolute atomic E-state index is 6.26. The summed E-state index contributed by atoms with van der Waals surface area (Å²) in [6.07, 6.45) is 14.2. The molecule has 1 saturated carbocycles. The predicted molar refractivity (Wildman–Crippen MR) is 139 cm³/mol. The van der Waals surface area contributed by atoms with Crippen molar-refractivity contribution in [3.63, 3.8) is 0 Å². The van der Waals surface area contributed by atoms with E-state index in [2.05, 4.69) is 46.1 Å². The fraction of sp³-hybridized carbons (Fsp3) is 0.464. The van der Waals surface area contributed by atoms with Gasteiger partial charge < -0.3 is 14.5 Å². The Morgan fingerprint density at radius 2 is 1.69 bits per heavy atom. The molecule has 0 atom stereocenters. The molecule has 0 bridgehead atoms. The smallest absolute Gasteiger partial charge is 0.175 e. The van der Waals surface area contributed by atoms with E-state index >= 15 is 0 Å². The zero-order chi connectivity index (χ0) is 23.5. The Labute approximate surface area is 211 Å². The molecule has 6 nitrogen and oxygen atoms in total. The molecule has 2 aliphatic carbocycles. The van der Waals surface area contributed by atoms with Crippen LogP contribution in [0.3, 0.4) is 0 Å². The average Bonchev–Trinajstić information content (AvgIpc) is 3.22. The Morgan fingerprint density at radius 3 is 2.34 bits per heavy atom. The molecule has 0 radical (unpaired) electrons. The SMILES string of the molecule is CN1c2nccc(Sc3cnc(N4CCC5(CC4)Cc4ccccc4C5)cn3)c2OCC12CCC2. The van der Waals surface area contributed by atoms with Gasteiger partial charge in [0.05, 0.1) is 22.8 Å². The largest absolute Gasteiger partial charge is 0.486 e. The van der Waals surface area contributed by atoms with Gasteiger partial charge in [-0.05, 0) is 67.6 Å². The van der Waals surface area contributed by atoms with Crippen molar-refractivity contribution >= 4 is 23.4 Å². The van der Waals surface area contributed by atoms with Gasteiger partial charge in [-0.15, -0.1) is 0 Å². The van der Waals surface area contributed by atoms with Gasteiger partial charge in [-0.1, -0.05) is 36.0 Å². The molecule has 3 aromatic rings. The minimum absolute atomic E-state index is 0.138. The van der Waals surface area contributed by atoms with E-state index in [1.165, 1.54) is 44.9 Å². The molecule has 7 heteroatoms. The molecule has 1 aromatic carbocycles. The number of rotatable bonds is 3. The molecule has 2 spiro atoms. The van der Waals surface area contributed by atoms with Crippen LogP contribution >= 0.6 is 11.8 Å². The fourth-order valence-electron chi connectivity index (χ4n) is 6.44. The number of fused-ring (bicyclic) bond motifs is 2. The van der Waals surface area contributed by atoms with Crippen LogP contribution in [0.25, 0.3) is 0 Å². The Bertz CT molecular complexity index is 1220. The van der Waals surface area contributed by atoms with Gasteiger partial charge in [0, 0.05) is 26.3 Å². The molecule has 7 rings (SSSR count). The zero-order valence-electron chi connectivity index (χ0n) is 20.2. The number of anilines is 2. The summed E-state index contributed by atoms with van der Waals surface area (Å²) >= 11 is 1.61. The second-order valence-electron chi connectivity index (χ2n) is 10.8. The Hall–Kier alpha value is -2.80. The first-order valence-electron chi connectivity index (χ1n) is 12.8. The standard InChI is InChI=1S/C28H31N5OS/c1-32-26-25(34-19-28(32)8-4-9-28)22(7-12-29-26)35-24-18-30-23(17-31-24)33-13-10-27(11-14-33)15-20-5-2-3-6-21(20)16-27/h2-3,5-7,12,17-18H,4,8-11,13-16,19H2,1H3. The molecule has 0 amide bonds. The molecule has 2 fully saturated rings. The fourth-order valence-corrected chi connectivity index (χ4v) is 7.25. The van der Waals surface area contributed by atoms with E-state index in [9.17, 15) is 0 Å². The van der Waals surface area contributed by atoms with Crippen molar-refractivity contribution in [2.75, 3.05) is 36.5 Å². The summed E-state index contributed by atoms with van der Waals surface area (Å²) in [6, 6.07) is 11.0. The van der Waals surface area contributed by atoms with Gasteiger partial charge in [0.15, 0.2) is 11.6 Å². The van der Waals surface area contributed by atoms with Gasteiger partial charge in [-0.25, -0.2) is 15.0 Å². The van der Waals surface area contributed by atoms with Gasteiger partial charge in [0.25, 0.3) is 0 Å². The summed E-state index contributed by atoms with van der Waals surface area (Å²) < 4.78 is 6.26. The highest BCUT2D eigenvalue weighted by atomic mass is 32.2. The number of hydrogen-bond acceptors (Lipinski definition) is 7. The van der Waals surface area contributed by atoms with Crippen LogP contribution in [0.1, 0.15) is 43.2 Å². The highest BCUT2D eigenvalue weighted by Crippen LogP contribution is 2.49. The van der Waals surface area contributed by atoms with Crippen LogP contribution in [0.15, 0.2) is 58.8 Å². The van der Waals surface area contributed by atoms with Gasteiger partial charge >= 0.3 is 0 Å². The lowest BCUT2D eigenvalue weighted by Crippen LogP contribution is -2.58. The highest BCUT2D eigenvalue weighted by Gasteiger charge is 2.46. The van der Waals surface area contributed by atoms with Crippen molar-refractivity contribution in [3.8, 4) is 5.75 Å². The summed E-state index contributed by atoms with van der Waals surface area (Å²) in [5, 5.41) is 0.886. The normalized spacial score (nSPS) is 21.4. The van der Waals surface area contributed by atoms with E-state index in [1.807, 2.05) is 24.7 Å². The minimum Gasteiger partial charge on any atom is -0.486 e. The van der Waals surface area contributed by atoms with Gasteiger partial charge in [0.1, 0.15) is 17.5 Å². The van der Waals surface area contributed by atoms with Crippen molar-refractivity contribution < 1.29 is 4.74 Å².